The molecule has 1 heterocycles. The van der Waals surface area contributed by atoms with E-state index < -0.39 is 0 Å². The maximum Gasteiger partial charge on any atom is 0.103 e. The number of hydrogen-bond donors (Lipinski definition) is 1. The molecule has 1 fully saturated rings. The fraction of sp³-hybridized carbons (Fsp3) is 0.533. The molecule has 2 N–H and O–H groups in total. The van der Waals surface area contributed by atoms with Gasteiger partial charge in [-0.2, -0.15) is 0 Å². The summed E-state index contributed by atoms with van der Waals surface area (Å²) in [5.74, 6) is 0.806. The molecule has 0 aliphatic carbocycles. The van der Waals surface area contributed by atoms with Crippen LogP contribution in [0.2, 0.25) is 0 Å². The predicted octanol–water partition coefficient (Wildman–Crippen LogP) is 2.94. The number of nitrogens with zero attached hydrogens (tertiary/aromatic N) is 1. The van der Waals surface area contributed by atoms with Crippen LogP contribution in [0.1, 0.15) is 37.8 Å². The van der Waals surface area contributed by atoms with Gasteiger partial charge in [-0.05, 0) is 37.3 Å². The minimum Gasteiger partial charge on any atom is -0.389 e. The number of thiocarbonyl (C=S) groups is 1. The van der Waals surface area contributed by atoms with Gasteiger partial charge in [-0.1, -0.05) is 37.3 Å². The van der Waals surface area contributed by atoms with Crippen molar-refractivity contribution in [2.75, 3.05) is 6.54 Å². The highest BCUT2D eigenvalue weighted by molar-refractivity contribution is 7.80. The smallest absolute Gasteiger partial charge is 0.103 e. The summed E-state index contributed by atoms with van der Waals surface area (Å²) in [6, 6.07) is 8.98. The second kappa shape index (κ2) is 5.81. The van der Waals surface area contributed by atoms with E-state index in [1.165, 1.54) is 24.9 Å². The topological polar surface area (TPSA) is 29.3 Å². The minimum absolute atomic E-state index is 0.483. The third kappa shape index (κ3) is 3.30. The molecule has 3 heteroatoms. The molecule has 2 rings (SSSR count). The highest BCUT2D eigenvalue weighted by atomic mass is 32.1. The van der Waals surface area contributed by atoms with E-state index in [0.717, 1.165) is 18.0 Å². The zero-order valence-corrected chi connectivity index (χ0v) is 12.0. The quantitative estimate of drug-likeness (QED) is 0.849. The minimum atomic E-state index is 0.483. The zero-order valence-electron chi connectivity index (χ0n) is 11.2. The van der Waals surface area contributed by atoms with Crippen LogP contribution in [0, 0.1) is 5.92 Å². The lowest BCUT2D eigenvalue weighted by Crippen LogP contribution is -2.40. The summed E-state index contributed by atoms with van der Waals surface area (Å²) < 4.78 is 0. The molecule has 1 aliphatic heterocycles. The van der Waals surface area contributed by atoms with E-state index in [-0.39, 0.29) is 0 Å². The maximum absolute atomic E-state index is 5.68. The van der Waals surface area contributed by atoms with Crippen molar-refractivity contribution < 1.29 is 0 Å². The van der Waals surface area contributed by atoms with Crippen LogP contribution >= 0.6 is 12.2 Å². The average Bonchev–Trinajstić information content (AvgIpc) is 2.34. The molecule has 0 bridgehead atoms. The van der Waals surface area contributed by atoms with Gasteiger partial charge in [-0.3, -0.25) is 4.90 Å². The van der Waals surface area contributed by atoms with Gasteiger partial charge in [-0.25, -0.2) is 0 Å². The van der Waals surface area contributed by atoms with E-state index in [0.29, 0.717) is 11.0 Å². The first-order valence-corrected chi connectivity index (χ1v) is 7.10. The maximum atomic E-state index is 5.68. The predicted molar refractivity (Wildman–Crippen MR) is 80.6 cm³/mol. The summed E-state index contributed by atoms with van der Waals surface area (Å²) in [5, 5.41) is 0. The molecule has 1 aliphatic rings. The monoisotopic (exact) mass is 262 g/mol. The Morgan fingerprint density at radius 1 is 1.39 bits per heavy atom. The second-order valence-electron chi connectivity index (χ2n) is 5.53. The Morgan fingerprint density at radius 3 is 2.89 bits per heavy atom. The van der Waals surface area contributed by atoms with Gasteiger partial charge < -0.3 is 5.73 Å². The first kappa shape index (κ1) is 13.5. The molecule has 1 saturated heterocycles. The van der Waals surface area contributed by atoms with Crippen LogP contribution in [0.15, 0.2) is 24.3 Å². The first-order chi connectivity index (χ1) is 8.56. The number of rotatable bonds is 3. The summed E-state index contributed by atoms with van der Waals surface area (Å²) in [5.41, 5.74) is 7.96. The highest BCUT2D eigenvalue weighted by Crippen LogP contribution is 2.23. The number of likely N-dealkylation sites (tertiary alicyclic amines) is 1. The van der Waals surface area contributed by atoms with Crippen LogP contribution in [-0.2, 0) is 6.54 Å². The molecule has 0 spiro atoms. The molecule has 2 atom stereocenters. The molecule has 1 aromatic carbocycles. The molecule has 0 aromatic heterocycles. The van der Waals surface area contributed by atoms with E-state index in [1.54, 1.807) is 0 Å². The number of nitrogens with two attached hydrogens (primary N) is 1. The Morgan fingerprint density at radius 2 is 2.17 bits per heavy atom. The van der Waals surface area contributed by atoms with Gasteiger partial charge in [-0.15, -0.1) is 0 Å². The molecular weight excluding hydrogens is 240 g/mol. The fourth-order valence-electron chi connectivity index (χ4n) is 2.66. The third-order valence-corrected chi connectivity index (χ3v) is 4.08. The van der Waals surface area contributed by atoms with Gasteiger partial charge >= 0.3 is 0 Å². The van der Waals surface area contributed by atoms with Crippen molar-refractivity contribution in [3.8, 4) is 0 Å². The van der Waals surface area contributed by atoms with Gasteiger partial charge in [0.15, 0.2) is 0 Å². The zero-order chi connectivity index (χ0) is 13.1. The molecule has 18 heavy (non-hydrogen) atoms. The van der Waals surface area contributed by atoms with Crippen molar-refractivity contribution in [3.63, 3.8) is 0 Å². The van der Waals surface area contributed by atoms with Crippen molar-refractivity contribution >= 4 is 17.2 Å². The summed E-state index contributed by atoms with van der Waals surface area (Å²) in [4.78, 5) is 3.05. The summed E-state index contributed by atoms with van der Waals surface area (Å²) in [6.45, 7) is 6.86. The Hall–Kier alpha value is -0.930. The third-order valence-electron chi connectivity index (χ3n) is 3.84. The van der Waals surface area contributed by atoms with E-state index in [1.807, 2.05) is 12.1 Å². The Balaban J connectivity index is 2.08. The standard InChI is InChI=1S/C15H22N2S/c1-11-6-7-12(2)17(9-11)10-13-4-3-5-14(8-13)15(16)18/h3-5,8,11-12H,6-7,9-10H2,1-2H3,(H2,16,18). The molecule has 98 valence electrons. The molecule has 0 saturated carbocycles. The number of hydrogen-bond acceptors (Lipinski definition) is 2. The number of piperidine rings is 1. The van der Waals surface area contributed by atoms with Crippen molar-refractivity contribution in [3.05, 3.63) is 35.4 Å². The fourth-order valence-corrected chi connectivity index (χ4v) is 2.78. The van der Waals surface area contributed by atoms with E-state index in [2.05, 4.69) is 30.9 Å². The van der Waals surface area contributed by atoms with Crippen LogP contribution in [0.4, 0.5) is 0 Å². The van der Waals surface area contributed by atoms with Crippen LogP contribution in [0.3, 0.4) is 0 Å². The van der Waals surface area contributed by atoms with Crippen molar-refractivity contribution in [1.29, 1.82) is 0 Å². The Kier molecular flexibility index (Phi) is 4.36. The van der Waals surface area contributed by atoms with Crippen molar-refractivity contribution in [1.82, 2.24) is 4.90 Å². The summed E-state index contributed by atoms with van der Waals surface area (Å²) >= 11 is 5.03. The second-order valence-corrected chi connectivity index (χ2v) is 5.97. The Bertz CT molecular complexity index is 430. The van der Waals surface area contributed by atoms with Gasteiger partial charge in [0.1, 0.15) is 4.99 Å². The van der Waals surface area contributed by atoms with Crippen LogP contribution in [0.5, 0.6) is 0 Å². The number of benzene rings is 1. The van der Waals surface area contributed by atoms with Gasteiger partial charge in [0.05, 0.1) is 0 Å². The first-order valence-electron chi connectivity index (χ1n) is 6.69. The summed E-state index contributed by atoms with van der Waals surface area (Å²) in [7, 11) is 0. The Labute approximate surface area is 115 Å². The highest BCUT2D eigenvalue weighted by Gasteiger charge is 2.22. The van der Waals surface area contributed by atoms with Crippen LogP contribution in [0.25, 0.3) is 0 Å². The van der Waals surface area contributed by atoms with E-state index >= 15 is 0 Å². The lowest BCUT2D eigenvalue weighted by Gasteiger charge is -2.36. The molecule has 1 aromatic rings. The SMILES string of the molecule is CC1CCC(C)N(Cc2cccc(C(N)=S)c2)C1. The normalized spacial score (nSPS) is 25.0. The molecule has 2 nitrogen and oxygen atoms in total. The van der Waals surface area contributed by atoms with E-state index in [9.17, 15) is 0 Å². The lowest BCUT2D eigenvalue weighted by molar-refractivity contribution is 0.117. The largest absolute Gasteiger partial charge is 0.389 e. The average molecular weight is 262 g/mol. The van der Waals surface area contributed by atoms with Crippen LogP contribution < -0.4 is 5.73 Å². The molecule has 0 radical (unpaired) electrons. The van der Waals surface area contributed by atoms with Gasteiger partial charge in [0.2, 0.25) is 0 Å². The summed E-state index contributed by atoms with van der Waals surface area (Å²) in [6.07, 6.45) is 2.65. The molecular formula is C15H22N2S. The van der Waals surface area contributed by atoms with Gasteiger partial charge in [0, 0.05) is 24.7 Å². The van der Waals surface area contributed by atoms with Crippen molar-refractivity contribution in [2.24, 2.45) is 11.7 Å². The van der Waals surface area contributed by atoms with Crippen LogP contribution in [-0.4, -0.2) is 22.5 Å². The van der Waals surface area contributed by atoms with Crippen molar-refractivity contribution in [2.45, 2.75) is 39.3 Å². The molecule has 0 amide bonds. The van der Waals surface area contributed by atoms with E-state index in [4.69, 9.17) is 18.0 Å². The van der Waals surface area contributed by atoms with Gasteiger partial charge in [0.25, 0.3) is 0 Å². The lowest BCUT2D eigenvalue weighted by atomic mass is 9.94. The molecule has 2 unspecified atom stereocenters.